The number of nitrogens with zero attached hydrogens (tertiary/aromatic N) is 3. The normalized spacial score (nSPS) is 17.4. The van der Waals surface area contributed by atoms with Gasteiger partial charge in [0.25, 0.3) is 0 Å². The van der Waals surface area contributed by atoms with Crippen LogP contribution in [-0.2, 0) is 6.54 Å². The Morgan fingerprint density at radius 3 is 2.15 bits per heavy atom. The highest BCUT2D eigenvalue weighted by atomic mass is 16.5. The van der Waals surface area contributed by atoms with Crippen molar-refractivity contribution in [2.75, 3.05) is 73.6 Å². The Balaban J connectivity index is 1.21. The number of rotatable bonds is 9. The first kappa shape index (κ1) is 26.9. The van der Waals surface area contributed by atoms with E-state index in [2.05, 4.69) is 39.4 Å². The summed E-state index contributed by atoms with van der Waals surface area (Å²) in [6.07, 6.45) is 4.35. The summed E-state index contributed by atoms with van der Waals surface area (Å²) < 4.78 is 27.9. The Morgan fingerprint density at radius 2 is 1.49 bits per heavy atom. The minimum Gasteiger partial charge on any atom is -0.493 e. The van der Waals surface area contributed by atoms with Gasteiger partial charge in [-0.2, -0.15) is 0 Å². The van der Waals surface area contributed by atoms with Crippen LogP contribution < -0.4 is 29.0 Å². The van der Waals surface area contributed by atoms with Crippen LogP contribution in [0.3, 0.4) is 0 Å². The summed E-state index contributed by atoms with van der Waals surface area (Å²) in [6, 6.07) is 8.38. The van der Waals surface area contributed by atoms with E-state index in [1.54, 1.807) is 35.5 Å². The molecule has 2 aromatic carbocycles. The third-order valence-electron chi connectivity index (χ3n) is 7.62. The van der Waals surface area contributed by atoms with Gasteiger partial charge >= 0.3 is 0 Å². The molecule has 2 aliphatic heterocycles. The molecule has 0 radical (unpaired) electrons. The van der Waals surface area contributed by atoms with Crippen LogP contribution in [0, 0.1) is 6.92 Å². The lowest BCUT2D eigenvalue weighted by Crippen LogP contribution is -2.49. The van der Waals surface area contributed by atoms with Crippen molar-refractivity contribution in [2.24, 2.45) is 0 Å². The fourth-order valence-corrected chi connectivity index (χ4v) is 5.57. The number of aromatic nitrogens is 1. The first-order chi connectivity index (χ1) is 19.0. The van der Waals surface area contributed by atoms with Crippen LogP contribution in [0.5, 0.6) is 28.7 Å². The van der Waals surface area contributed by atoms with Crippen molar-refractivity contribution in [3.05, 3.63) is 47.2 Å². The molecule has 1 N–H and O–H groups in total. The zero-order valence-electron chi connectivity index (χ0n) is 23.7. The summed E-state index contributed by atoms with van der Waals surface area (Å²) in [7, 11) is 8.25. The third-order valence-corrected chi connectivity index (χ3v) is 7.62. The molecular formula is C30H38N4O5. The lowest BCUT2D eigenvalue weighted by Gasteiger charge is -2.37. The van der Waals surface area contributed by atoms with E-state index in [1.807, 2.05) is 19.1 Å². The molecule has 208 valence electrons. The quantitative estimate of drug-likeness (QED) is 0.434. The first-order valence-electron chi connectivity index (χ1n) is 13.2. The molecule has 39 heavy (non-hydrogen) atoms. The van der Waals surface area contributed by atoms with Gasteiger partial charge in [-0.15, -0.1) is 0 Å². The van der Waals surface area contributed by atoms with Crippen molar-refractivity contribution in [1.82, 2.24) is 14.8 Å². The molecule has 0 spiro atoms. The average Bonchev–Trinajstić information content (AvgIpc) is 2.97. The van der Waals surface area contributed by atoms with Crippen molar-refractivity contribution in [2.45, 2.75) is 19.5 Å². The number of aryl methyl sites for hydroxylation is 1. The number of hydrogen-bond donors (Lipinski definition) is 1. The molecule has 9 nitrogen and oxygen atoms in total. The van der Waals surface area contributed by atoms with Gasteiger partial charge in [0.15, 0.2) is 23.0 Å². The molecule has 3 aromatic rings. The second kappa shape index (κ2) is 11.6. The number of pyridine rings is 1. The minimum atomic E-state index is 0.174. The van der Waals surface area contributed by atoms with E-state index in [9.17, 15) is 0 Å². The van der Waals surface area contributed by atoms with E-state index in [-0.39, 0.29) is 6.04 Å². The highest BCUT2D eigenvalue weighted by molar-refractivity contribution is 5.86. The van der Waals surface area contributed by atoms with Gasteiger partial charge in [0.05, 0.1) is 58.5 Å². The monoisotopic (exact) mass is 534 g/mol. The maximum absolute atomic E-state index is 5.70. The lowest BCUT2D eigenvalue weighted by atomic mass is 10.0. The molecule has 1 saturated heterocycles. The van der Waals surface area contributed by atoms with E-state index in [0.717, 1.165) is 84.2 Å². The summed E-state index contributed by atoms with van der Waals surface area (Å²) in [6.45, 7) is 7.76. The molecule has 0 aliphatic carbocycles. The van der Waals surface area contributed by atoms with Crippen molar-refractivity contribution in [3.8, 4) is 28.7 Å². The Kier molecular flexibility index (Phi) is 7.99. The molecule has 2 aliphatic rings. The number of anilines is 1. The molecule has 0 amide bonds. The predicted octanol–water partition coefficient (Wildman–Crippen LogP) is 4.21. The van der Waals surface area contributed by atoms with Gasteiger partial charge in [-0.1, -0.05) is 18.2 Å². The molecule has 9 heteroatoms. The van der Waals surface area contributed by atoms with Gasteiger partial charge < -0.3 is 29.0 Å². The standard InChI is InChI=1S/C30H38N4O5/c1-19-26-20(15-24(35-2)28(19)37-4)7-9-22(31-26)17-33-11-13-34(14-12-33)18-23-10-8-21-16-25(36-3)29(38-5)30(39-6)27(21)32-23/h7-10,15-16,23,32H,11-14,17-18H2,1-6H3. The number of ether oxygens (including phenoxy) is 5. The molecule has 1 atom stereocenters. The highest BCUT2D eigenvalue weighted by Gasteiger charge is 2.26. The number of hydrogen-bond acceptors (Lipinski definition) is 9. The maximum Gasteiger partial charge on any atom is 0.205 e. The van der Waals surface area contributed by atoms with Crippen molar-refractivity contribution in [1.29, 1.82) is 0 Å². The third kappa shape index (κ3) is 5.29. The van der Waals surface area contributed by atoms with Crippen LogP contribution in [0.2, 0.25) is 0 Å². The average molecular weight is 535 g/mol. The SMILES string of the molecule is COc1cc2c(c(OC)c1OC)NC(CN1CCN(Cc3ccc4cc(OC)c(OC)c(C)c4n3)CC1)C=C2. The molecule has 5 rings (SSSR count). The summed E-state index contributed by atoms with van der Waals surface area (Å²) in [5.74, 6) is 3.40. The van der Waals surface area contributed by atoms with E-state index < -0.39 is 0 Å². The number of methoxy groups -OCH3 is 5. The van der Waals surface area contributed by atoms with Crippen molar-refractivity contribution >= 4 is 22.7 Å². The number of fused-ring (bicyclic) bond motifs is 2. The van der Waals surface area contributed by atoms with Crippen LogP contribution in [-0.4, -0.2) is 89.1 Å². The minimum absolute atomic E-state index is 0.174. The van der Waals surface area contributed by atoms with Crippen LogP contribution in [0.25, 0.3) is 17.0 Å². The van der Waals surface area contributed by atoms with Gasteiger partial charge in [-0.25, -0.2) is 0 Å². The van der Waals surface area contributed by atoms with E-state index in [4.69, 9.17) is 28.7 Å². The summed E-state index contributed by atoms with van der Waals surface area (Å²) >= 11 is 0. The van der Waals surface area contributed by atoms with Crippen molar-refractivity contribution in [3.63, 3.8) is 0 Å². The van der Waals surface area contributed by atoms with Crippen LogP contribution in [0.15, 0.2) is 30.3 Å². The fourth-order valence-electron chi connectivity index (χ4n) is 5.57. The molecule has 1 unspecified atom stereocenters. The van der Waals surface area contributed by atoms with E-state index >= 15 is 0 Å². The van der Waals surface area contributed by atoms with Gasteiger partial charge in [0, 0.05) is 55.8 Å². The van der Waals surface area contributed by atoms with Gasteiger partial charge in [0.2, 0.25) is 5.75 Å². The lowest BCUT2D eigenvalue weighted by molar-refractivity contribution is 0.125. The van der Waals surface area contributed by atoms with Gasteiger partial charge in [-0.05, 0) is 25.1 Å². The second-order valence-electron chi connectivity index (χ2n) is 9.91. The van der Waals surface area contributed by atoms with E-state index in [1.165, 1.54) is 0 Å². The van der Waals surface area contributed by atoms with Gasteiger partial charge in [0.1, 0.15) is 0 Å². The number of nitrogens with one attached hydrogen (secondary N) is 1. The van der Waals surface area contributed by atoms with Crippen LogP contribution in [0.1, 0.15) is 16.8 Å². The van der Waals surface area contributed by atoms with Gasteiger partial charge in [-0.3, -0.25) is 14.8 Å². The number of piperazine rings is 1. The second-order valence-corrected chi connectivity index (χ2v) is 9.91. The largest absolute Gasteiger partial charge is 0.493 e. The Labute approximate surface area is 230 Å². The first-order valence-corrected chi connectivity index (χ1v) is 13.2. The van der Waals surface area contributed by atoms with Crippen LogP contribution in [0.4, 0.5) is 5.69 Å². The molecule has 3 heterocycles. The summed E-state index contributed by atoms with van der Waals surface area (Å²) in [5.41, 5.74) is 4.99. The summed E-state index contributed by atoms with van der Waals surface area (Å²) in [4.78, 5) is 9.97. The topological polar surface area (TPSA) is 77.6 Å². The molecular weight excluding hydrogens is 496 g/mol. The van der Waals surface area contributed by atoms with Crippen LogP contribution >= 0.6 is 0 Å². The van der Waals surface area contributed by atoms with E-state index in [0.29, 0.717) is 17.2 Å². The molecule has 0 saturated carbocycles. The smallest absolute Gasteiger partial charge is 0.205 e. The Morgan fingerprint density at radius 1 is 0.821 bits per heavy atom. The predicted molar refractivity (Wildman–Crippen MR) is 154 cm³/mol. The maximum atomic E-state index is 5.70. The molecule has 1 fully saturated rings. The Bertz CT molecular complexity index is 1370. The number of benzene rings is 2. The summed E-state index contributed by atoms with van der Waals surface area (Å²) in [5, 5.41) is 4.71. The highest BCUT2D eigenvalue weighted by Crippen LogP contribution is 2.47. The zero-order valence-corrected chi connectivity index (χ0v) is 23.7. The van der Waals surface area contributed by atoms with Crippen molar-refractivity contribution < 1.29 is 23.7 Å². The molecule has 0 bridgehead atoms. The Hall–Kier alpha value is -3.69. The molecule has 1 aromatic heterocycles. The zero-order chi connectivity index (χ0) is 27.5. The fraction of sp³-hybridized carbons (Fsp3) is 0.433.